The summed E-state index contributed by atoms with van der Waals surface area (Å²) >= 11 is 18.4. The number of piperazine rings is 1. The van der Waals surface area contributed by atoms with Crippen molar-refractivity contribution in [2.75, 3.05) is 43.4 Å². The first kappa shape index (κ1) is 22.9. The molecule has 1 aromatic carbocycles. The van der Waals surface area contributed by atoms with Gasteiger partial charge in [-0.15, -0.1) is 0 Å². The van der Waals surface area contributed by atoms with Gasteiger partial charge in [0.2, 0.25) is 0 Å². The Morgan fingerprint density at radius 2 is 1.84 bits per heavy atom. The van der Waals surface area contributed by atoms with Gasteiger partial charge in [0.25, 0.3) is 0 Å². The zero-order valence-corrected chi connectivity index (χ0v) is 19.8. The number of nitrogen functional groups attached to an aromatic ring is 1. The number of likely N-dealkylation sites (tertiary alicyclic amines) is 1. The van der Waals surface area contributed by atoms with Crippen LogP contribution in [-0.2, 0) is 6.54 Å². The molecule has 1 atom stereocenters. The summed E-state index contributed by atoms with van der Waals surface area (Å²) in [6, 6.07) is 7.50. The highest BCUT2D eigenvalue weighted by Crippen LogP contribution is 2.32. The van der Waals surface area contributed by atoms with Crippen molar-refractivity contribution in [3.63, 3.8) is 0 Å². The van der Waals surface area contributed by atoms with E-state index in [0.717, 1.165) is 45.6 Å². The first-order chi connectivity index (χ1) is 14.8. The first-order valence-electron chi connectivity index (χ1n) is 10.6. The minimum absolute atomic E-state index is 0.227. The van der Waals surface area contributed by atoms with Crippen LogP contribution in [0.5, 0.6) is 0 Å². The molecule has 5 nitrogen and oxygen atoms in total. The number of hydrogen-bond donors (Lipinski definition) is 1. The van der Waals surface area contributed by atoms with Gasteiger partial charge in [-0.25, -0.2) is 9.37 Å². The lowest BCUT2D eigenvalue weighted by Gasteiger charge is -2.47. The number of pyridine rings is 1. The third-order valence-corrected chi connectivity index (χ3v) is 7.17. The molecule has 1 aromatic heterocycles. The van der Waals surface area contributed by atoms with Crippen molar-refractivity contribution in [1.29, 1.82) is 0 Å². The molecular formula is C22H27Cl3FN5. The van der Waals surface area contributed by atoms with E-state index >= 15 is 0 Å². The maximum absolute atomic E-state index is 14.1. The average molecular weight is 487 g/mol. The Kier molecular flexibility index (Phi) is 7.14. The number of halogens is 4. The molecular weight excluding hydrogens is 460 g/mol. The van der Waals surface area contributed by atoms with Crippen molar-refractivity contribution in [2.45, 2.75) is 38.4 Å². The predicted molar refractivity (Wildman–Crippen MR) is 127 cm³/mol. The van der Waals surface area contributed by atoms with Crippen LogP contribution in [-0.4, -0.2) is 59.6 Å². The summed E-state index contributed by atoms with van der Waals surface area (Å²) in [5.74, 6) is 0.474. The summed E-state index contributed by atoms with van der Waals surface area (Å²) in [4.78, 5) is 11.5. The molecule has 2 aromatic rings. The highest BCUT2D eigenvalue weighted by Gasteiger charge is 2.33. The fraction of sp³-hybridized carbons (Fsp3) is 0.500. The SMILES string of the molecule is C[C@H]1CN(c2nc(Cl)c(N)cc2Cl)CCN1C1CCN(Cc2ccc(Cl)cc2F)CC1. The zero-order valence-electron chi connectivity index (χ0n) is 17.5. The molecule has 4 rings (SSSR count). The second kappa shape index (κ2) is 9.67. The fourth-order valence-corrected chi connectivity index (χ4v) is 5.27. The van der Waals surface area contributed by atoms with E-state index in [1.54, 1.807) is 18.2 Å². The number of rotatable bonds is 4. The fourth-order valence-electron chi connectivity index (χ4n) is 4.70. The van der Waals surface area contributed by atoms with Crippen molar-refractivity contribution in [3.05, 3.63) is 50.8 Å². The molecule has 0 spiro atoms. The first-order valence-corrected chi connectivity index (χ1v) is 11.7. The largest absolute Gasteiger partial charge is 0.396 e. The van der Waals surface area contributed by atoms with Crippen LogP contribution in [0.15, 0.2) is 24.3 Å². The van der Waals surface area contributed by atoms with Crippen LogP contribution in [0.2, 0.25) is 15.2 Å². The Hall–Kier alpha value is -1.31. The van der Waals surface area contributed by atoms with Crippen LogP contribution < -0.4 is 10.6 Å². The standard InChI is InChI=1S/C22H27Cl3FN5/c1-14-12-30(22-18(24)11-20(27)21(25)28-22)8-9-31(14)17-4-6-29(7-5-17)13-15-2-3-16(23)10-19(15)26/h2-3,10-11,14,17H,4-9,12-13,27H2,1H3/t14-/m0/s1. The molecule has 31 heavy (non-hydrogen) atoms. The lowest BCUT2D eigenvalue weighted by molar-refractivity contribution is 0.0687. The second-order valence-corrected chi connectivity index (χ2v) is 9.65. The van der Waals surface area contributed by atoms with E-state index in [9.17, 15) is 4.39 Å². The molecule has 2 saturated heterocycles. The number of anilines is 2. The van der Waals surface area contributed by atoms with E-state index in [1.165, 1.54) is 6.07 Å². The van der Waals surface area contributed by atoms with Gasteiger partial charge in [0.1, 0.15) is 11.6 Å². The van der Waals surface area contributed by atoms with Gasteiger partial charge in [-0.2, -0.15) is 0 Å². The summed E-state index contributed by atoms with van der Waals surface area (Å²) in [7, 11) is 0. The van der Waals surface area contributed by atoms with Crippen LogP contribution >= 0.6 is 34.8 Å². The normalized spacial score (nSPS) is 21.6. The Morgan fingerprint density at radius 3 is 2.52 bits per heavy atom. The maximum atomic E-state index is 14.1. The van der Waals surface area contributed by atoms with Gasteiger partial charge >= 0.3 is 0 Å². The Labute approximate surface area is 197 Å². The predicted octanol–water partition coefficient (Wildman–Crippen LogP) is 4.94. The molecule has 2 aliphatic heterocycles. The summed E-state index contributed by atoms with van der Waals surface area (Å²) < 4.78 is 14.1. The van der Waals surface area contributed by atoms with Gasteiger partial charge in [0.15, 0.2) is 5.15 Å². The van der Waals surface area contributed by atoms with Crippen molar-refractivity contribution >= 4 is 46.3 Å². The summed E-state index contributed by atoms with van der Waals surface area (Å²) in [6.07, 6.45) is 2.15. The summed E-state index contributed by atoms with van der Waals surface area (Å²) in [5, 5.41) is 1.26. The third-order valence-electron chi connectivity index (χ3n) is 6.35. The van der Waals surface area contributed by atoms with Gasteiger partial charge in [0.05, 0.1) is 10.7 Å². The average Bonchev–Trinajstić information content (AvgIpc) is 2.73. The molecule has 0 bridgehead atoms. The summed E-state index contributed by atoms with van der Waals surface area (Å²) in [5.41, 5.74) is 6.90. The second-order valence-electron chi connectivity index (χ2n) is 8.45. The van der Waals surface area contributed by atoms with Crippen molar-refractivity contribution in [1.82, 2.24) is 14.8 Å². The van der Waals surface area contributed by atoms with E-state index in [0.29, 0.717) is 50.9 Å². The van der Waals surface area contributed by atoms with Crippen LogP contribution in [0.3, 0.4) is 0 Å². The highest BCUT2D eigenvalue weighted by molar-refractivity contribution is 6.35. The lowest BCUT2D eigenvalue weighted by atomic mass is 9.99. The molecule has 168 valence electrons. The van der Waals surface area contributed by atoms with E-state index < -0.39 is 0 Å². The molecule has 0 unspecified atom stereocenters. The van der Waals surface area contributed by atoms with Crippen molar-refractivity contribution in [3.8, 4) is 0 Å². The van der Waals surface area contributed by atoms with Gasteiger partial charge < -0.3 is 10.6 Å². The number of benzene rings is 1. The summed E-state index contributed by atoms with van der Waals surface area (Å²) in [6.45, 7) is 7.41. The Bertz CT molecular complexity index is 936. The molecule has 3 heterocycles. The molecule has 0 aliphatic carbocycles. The lowest BCUT2D eigenvalue weighted by Crippen LogP contribution is -2.57. The zero-order chi connectivity index (χ0) is 22.1. The van der Waals surface area contributed by atoms with E-state index in [1.807, 2.05) is 0 Å². The Morgan fingerprint density at radius 1 is 1.10 bits per heavy atom. The smallest absolute Gasteiger partial charge is 0.154 e. The molecule has 0 amide bonds. The molecule has 9 heteroatoms. The van der Waals surface area contributed by atoms with Gasteiger partial charge in [0, 0.05) is 48.8 Å². The minimum atomic E-state index is -0.227. The van der Waals surface area contributed by atoms with Crippen molar-refractivity contribution in [2.24, 2.45) is 0 Å². The van der Waals surface area contributed by atoms with Crippen LogP contribution in [0.1, 0.15) is 25.3 Å². The molecule has 2 N–H and O–H groups in total. The number of nitrogens with zero attached hydrogens (tertiary/aromatic N) is 4. The monoisotopic (exact) mass is 485 g/mol. The number of nitrogens with two attached hydrogens (primary N) is 1. The van der Waals surface area contributed by atoms with Crippen molar-refractivity contribution < 1.29 is 4.39 Å². The quantitative estimate of drug-likeness (QED) is 0.621. The van der Waals surface area contributed by atoms with E-state index in [-0.39, 0.29) is 5.82 Å². The van der Waals surface area contributed by atoms with Gasteiger partial charge in [-0.3, -0.25) is 9.80 Å². The van der Waals surface area contributed by atoms with Crippen LogP contribution in [0.25, 0.3) is 0 Å². The molecule has 0 radical (unpaired) electrons. The van der Waals surface area contributed by atoms with E-state index in [2.05, 4.69) is 26.6 Å². The number of hydrogen-bond acceptors (Lipinski definition) is 5. The van der Waals surface area contributed by atoms with E-state index in [4.69, 9.17) is 40.5 Å². The minimum Gasteiger partial charge on any atom is -0.396 e. The molecule has 2 aliphatic rings. The number of piperidine rings is 1. The third kappa shape index (κ3) is 5.20. The van der Waals surface area contributed by atoms with Crippen LogP contribution in [0, 0.1) is 5.82 Å². The molecule has 2 fully saturated rings. The maximum Gasteiger partial charge on any atom is 0.154 e. The van der Waals surface area contributed by atoms with Crippen LogP contribution in [0.4, 0.5) is 15.9 Å². The van der Waals surface area contributed by atoms with Gasteiger partial charge in [-0.05, 0) is 51.1 Å². The highest BCUT2D eigenvalue weighted by atomic mass is 35.5. The Balaban J connectivity index is 1.32. The topological polar surface area (TPSA) is 48.6 Å². The molecule has 0 saturated carbocycles. The number of aromatic nitrogens is 1. The van der Waals surface area contributed by atoms with Gasteiger partial charge in [-0.1, -0.05) is 40.9 Å².